The van der Waals surface area contributed by atoms with Crippen LogP contribution in [0.2, 0.25) is 0 Å². The number of hydrogen-bond acceptors (Lipinski definition) is 2. The van der Waals surface area contributed by atoms with Crippen LogP contribution in [0.5, 0.6) is 0 Å². The van der Waals surface area contributed by atoms with Crippen LogP contribution in [-0.2, 0) is 4.74 Å². The highest BCUT2D eigenvalue weighted by Gasteiger charge is 2.15. The van der Waals surface area contributed by atoms with E-state index in [4.69, 9.17) is 9.84 Å². The van der Waals surface area contributed by atoms with Crippen LogP contribution in [0.25, 0.3) is 0 Å². The second-order valence-electron chi connectivity index (χ2n) is 2.88. The molecule has 72 valence electrons. The van der Waals surface area contributed by atoms with Crippen molar-refractivity contribution in [3.05, 3.63) is 11.1 Å². The van der Waals surface area contributed by atoms with Gasteiger partial charge in [0.15, 0.2) is 0 Å². The van der Waals surface area contributed by atoms with Crippen LogP contribution in [0, 0.1) is 0 Å². The van der Waals surface area contributed by atoms with Gasteiger partial charge in [-0.05, 0) is 25.8 Å². The van der Waals surface area contributed by atoms with Crippen molar-refractivity contribution >= 4 is 0 Å². The molecule has 0 spiro atoms. The normalized spacial score (nSPS) is 23.2. The topological polar surface area (TPSA) is 29.5 Å². The van der Waals surface area contributed by atoms with E-state index in [-0.39, 0.29) is 12.7 Å². The summed E-state index contributed by atoms with van der Waals surface area (Å²) in [7, 11) is 0. The second kappa shape index (κ2) is 6.21. The van der Waals surface area contributed by atoms with Crippen molar-refractivity contribution in [3.8, 4) is 0 Å². The Labute approximate surface area is 75.2 Å². The summed E-state index contributed by atoms with van der Waals surface area (Å²) in [6.07, 6.45) is 0.936. The molecular formula is C10H20O2. The summed E-state index contributed by atoms with van der Waals surface area (Å²) in [4.78, 5) is 0. The number of hydrogen-bond donors (Lipinski definition) is 1. The predicted octanol–water partition coefficient (Wildman–Crippen LogP) is 2.13. The summed E-state index contributed by atoms with van der Waals surface area (Å²) in [6, 6.07) is 0. The largest absolute Gasteiger partial charge is 0.394 e. The molecule has 0 fully saturated rings. The summed E-state index contributed by atoms with van der Waals surface area (Å²) in [5.41, 5.74) is 2.68. The van der Waals surface area contributed by atoms with Crippen molar-refractivity contribution in [1.29, 1.82) is 0 Å². The minimum Gasteiger partial charge on any atom is -0.394 e. The lowest BCUT2D eigenvalue weighted by Gasteiger charge is -2.22. The van der Waals surface area contributed by atoms with Crippen LogP contribution in [0.15, 0.2) is 11.1 Å². The maximum absolute atomic E-state index is 8.75. The van der Waals surface area contributed by atoms with Crippen molar-refractivity contribution in [1.82, 2.24) is 0 Å². The zero-order valence-electron chi connectivity index (χ0n) is 8.55. The fourth-order valence-electron chi connectivity index (χ4n) is 1.06. The standard InChI is InChI=1S/C8H14O2.C2H6/c1-6-3-8(4-9)10-5-7(6)2;1-2/h8-9H,3-5H2,1-2H3;1-2H3. The van der Waals surface area contributed by atoms with E-state index >= 15 is 0 Å². The second-order valence-corrected chi connectivity index (χ2v) is 2.88. The molecule has 1 aliphatic rings. The van der Waals surface area contributed by atoms with Crippen LogP contribution in [-0.4, -0.2) is 24.4 Å². The highest BCUT2D eigenvalue weighted by Crippen LogP contribution is 2.18. The minimum absolute atomic E-state index is 0.0451. The molecule has 1 N–H and O–H groups in total. The molecule has 2 heteroatoms. The van der Waals surface area contributed by atoms with Crippen molar-refractivity contribution < 1.29 is 9.84 Å². The summed E-state index contributed by atoms with van der Waals surface area (Å²) in [6.45, 7) is 9.01. The van der Waals surface area contributed by atoms with Gasteiger partial charge in [0.25, 0.3) is 0 Å². The van der Waals surface area contributed by atoms with Crippen LogP contribution in [0.1, 0.15) is 34.1 Å². The van der Waals surface area contributed by atoms with Gasteiger partial charge in [-0.2, -0.15) is 0 Å². The quantitative estimate of drug-likeness (QED) is 0.614. The Morgan fingerprint density at radius 2 is 1.92 bits per heavy atom. The summed E-state index contributed by atoms with van der Waals surface area (Å²) >= 11 is 0. The fourth-order valence-corrected chi connectivity index (χ4v) is 1.06. The molecule has 1 aliphatic heterocycles. The Hall–Kier alpha value is -0.340. The number of aliphatic hydroxyl groups excluding tert-OH is 1. The summed E-state index contributed by atoms with van der Waals surface area (Å²) in [5.74, 6) is 0. The van der Waals surface area contributed by atoms with Crippen molar-refractivity contribution in [3.63, 3.8) is 0 Å². The van der Waals surface area contributed by atoms with Gasteiger partial charge in [0, 0.05) is 0 Å². The van der Waals surface area contributed by atoms with Crippen LogP contribution in [0.3, 0.4) is 0 Å². The molecular weight excluding hydrogens is 152 g/mol. The first-order valence-corrected chi connectivity index (χ1v) is 4.61. The van der Waals surface area contributed by atoms with E-state index in [0.29, 0.717) is 6.61 Å². The maximum atomic E-state index is 8.75. The Balaban J connectivity index is 0.000000561. The monoisotopic (exact) mass is 172 g/mol. The van der Waals surface area contributed by atoms with Gasteiger partial charge < -0.3 is 9.84 Å². The van der Waals surface area contributed by atoms with E-state index in [2.05, 4.69) is 13.8 Å². The van der Waals surface area contributed by atoms with Crippen molar-refractivity contribution in [2.24, 2.45) is 0 Å². The Kier molecular flexibility index (Phi) is 6.03. The molecule has 0 aromatic rings. The highest BCUT2D eigenvalue weighted by atomic mass is 16.5. The zero-order chi connectivity index (χ0) is 9.56. The molecule has 0 saturated heterocycles. The number of ether oxygens (including phenoxy) is 1. The molecule has 0 saturated carbocycles. The lowest BCUT2D eigenvalue weighted by molar-refractivity contribution is 0.0165. The third kappa shape index (κ3) is 3.37. The molecule has 0 amide bonds. The van der Waals surface area contributed by atoms with Gasteiger partial charge in [0.2, 0.25) is 0 Å². The maximum Gasteiger partial charge on any atom is 0.0847 e. The third-order valence-electron chi connectivity index (χ3n) is 2.00. The molecule has 1 rings (SSSR count). The van der Waals surface area contributed by atoms with Gasteiger partial charge in [-0.1, -0.05) is 19.4 Å². The lowest BCUT2D eigenvalue weighted by atomic mass is 10.0. The van der Waals surface area contributed by atoms with Gasteiger partial charge in [-0.25, -0.2) is 0 Å². The van der Waals surface area contributed by atoms with E-state index in [1.54, 1.807) is 0 Å². The van der Waals surface area contributed by atoms with Gasteiger partial charge in [0.05, 0.1) is 19.3 Å². The Morgan fingerprint density at radius 3 is 2.33 bits per heavy atom. The van der Waals surface area contributed by atoms with Gasteiger partial charge >= 0.3 is 0 Å². The molecule has 1 unspecified atom stereocenters. The van der Waals surface area contributed by atoms with E-state index < -0.39 is 0 Å². The van der Waals surface area contributed by atoms with Crippen molar-refractivity contribution in [2.45, 2.75) is 40.2 Å². The third-order valence-corrected chi connectivity index (χ3v) is 2.00. The van der Waals surface area contributed by atoms with Crippen molar-refractivity contribution in [2.75, 3.05) is 13.2 Å². The average molecular weight is 172 g/mol. The molecule has 0 aromatic heterocycles. The van der Waals surface area contributed by atoms with E-state index in [0.717, 1.165) is 6.42 Å². The molecule has 0 bridgehead atoms. The van der Waals surface area contributed by atoms with Gasteiger partial charge in [0.1, 0.15) is 0 Å². The zero-order valence-corrected chi connectivity index (χ0v) is 8.55. The van der Waals surface area contributed by atoms with Gasteiger partial charge in [-0.3, -0.25) is 0 Å². The first-order chi connectivity index (χ1) is 5.74. The SMILES string of the molecule is CC.CC1=C(C)CC(CO)OC1. The number of aliphatic hydroxyl groups is 1. The molecule has 12 heavy (non-hydrogen) atoms. The van der Waals surface area contributed by atoms with E-state index in [1.165, 1.54) is 11.1 Å². The minimum atomic E-state index is 0.0451. The molecule has 1 heterocycles. The molecule has 0 aliphatic carbocycles. The predicted molar refractivity (Wildman–Crippen MR) is 51.2 cm³/mol. The van der Waals surface area contributed by atoms with Gasteiger partial charge in [-0.15, -0.1) is 0 Å². The smallest absolute Gasteiger partial charge is 0.0847 e. The van der Waals surface area contributed by atoms with Crippen LogP contribution < -0.4 is 0 Å². The highest BCUT2D eigenvalue weighted by molar-refractivity contribution is 5.13. The lowest BCUT2D eigenvalue weighted by Crippen LogP contribution is -2.23. The van der Waals surface area contributed by atoms with E-state index in [1.807, 2.05) is 13.8 Å². The first kappa shape index (κ1) is 11.7. The fraction of sp³-hybridized carbons (Fsp3) is 0.800. The molecule has 0 radical (unpaired) electrons. The Morgan fingerprint density at radius 1 is 1.33 bits per heavy atom. The molecule has 2 nitrogen and oxygen atoms in total. The molecule has 1 atom stereocenters. The average Bonchev–Trinajstić information content (AvgIpc) is 2.13. The van der Waals surface area contributed by atoms with E-state index in [9.17, 15) is 0 Å². The summed E-state index contributed by atoms with van der Waals surface area (Å²) in [5, 5.41) is 8.75. The van der Waals surface area contributed by atoms with Crippen LogP contribution >= 0.6 is 0 Å². The number of rotatable bonds is 1. The molecule has 0 aromatic carbocycles. The Bertz CT molecular complexity index is 150. The summed E-state index contributed by atoms with van der Waals surface area (Å²) < 4.78 is 5.30. The first-order valence-electron chi connectivity index (χ1n) is 4.61. The van der Waals surface area contributed by atoms with Crippen LogP contribution in [0.4, 0.5) is 0 Å².